The van der Waals surface area contributed by atoms with Crippen molar-refractivity contribution in [3.8, 4) is 0 Å². The molecule has 1 unspecified atom stereocenters. The Bertz CT molecular complexity index is 448. The summed E-state index contributed by atoms with van der Waals surface area (Å²) in [6.07, 6.45) is 4.02. The van der Waals surface area contributed by atoms with Gasteiger partial charge < -0.3 is 15.8 Å². The average Bonchev–Trinajstić information content (AvgIpc) is 2.90. The van der Waals surface area contributed by atoms with Crippen molar-refractivity contribution in [2.45, 2.75) is 25.0 Å². The minimum absolute atomic E-state index is 0.339. The van der Waals surface area contributed by atoms with Gasteiger partial charge in [0.2, 0.25) is 0 Å². The van der Waals surface area contributed by atoms with E-state index >= 15 is 0 Å². The van der Waals surface area contributed by atoms with Gasteiger partial charge in [0.25, 0.3) is 0 Å². The molecule has 1 atom stereocenters. The lowest BCUT2D eigenvalue weighted by Gasteiger charge is -2.13. The highest BCUT2D eigenvalue weighted by Crippen LogP contribution is 2.26. The van der Waals surface area contributed by atoms with E-state index in [-0.39, 0.29) is 5.97 Å². The zero-order valence-corrected chi connectivity index (χ0v) is 11.8. The van der Waals surface area contributed by atoms with Gasteiger partial charge in [0.15, 0.2) is 0 Å². The van der Waals surface area contributed by atoms with Crippen molar-refractivity contribution in [3.63, 3.8) is 0 Å². The van der Waals surface area contributed by atoms with Crippen molar-refractivity contribution < 1.29 is 9.53 Å². The summed E-state index contributed by atoms with van der Waals surface area (Å²) in [5.41, 5.74) is 6.55. The number of rotatable bonds is 5. The number of nitrogens with zero attached hydrogens (tertiary/aromatic N) is 1. The summed E-state index contributed by atoms with van der Waals surface area (Å²) in [5, 5.41) is 3.83. The smallest absolute Gasteiger partial charge is 0.341 e. The highest BCUT2D eigenvalue weighted by Gasteiger charge is 2.18. The van der Waals surface area contributed by atoms with Gasteiger partial charge in [0, 0.05) is 11.8 Å². The first-order valence-electron chi connectivity index (χ1n) is 6.48. The molecule has 0 aromatic carbocycles. The molecule has 1 aliphatic rings. The lowest BCUT2D eigenvalue weighted by atomic mass is 10.2. The maximum Gasteiger partial charge on any atom is 0.341 e. The van der Waals surface area contributed by atoms with Crippen LogP contribution >= 0.6 is 11.8 Å². The molecule has 1 aromatic heterocycles. The van der Waals surface area contributed by atoms with Crippen molar-refractivity contribution in [2.75, 3.05) is 30.0 Å². The van der Waals surface area contributed by atoms with E-state index in [1.807, 2.05) is 11.8 Å². The number of nitrogen functional groups attached to an aromatic ring is 1. The molecule has 3 N–H and O–H groups in total. The van der Waals surface area contributed by atoms with Gasteiger partial charge >= 0.3 is 5.97 Å². The number of thioether (sulfide) groups is 1. The number of nitrogens with one attached hydrogen (secondary N) is 1. The van der Waals surface area contributed by atoms with Crippen LogP contribution in [0.15, 0.2) is 12.3 Å². The number of carbonyl (C=O) groups excluding carboxylic acids is 1. The second-order valence-corrected chi connectivity index (χ2v) is 5.81. The maximum atomic E-state index is 11.9. The molecule has 1 saturated heterocycles. The van der Waals surface area contributed by atoms with Crippen LogP contribution in [-0.4, -0.2) is 35.1 Å². The van der Waals surface area contributed by atoms with E-state index in [0.29, 0.717) is 28.9 Å². The molecule has 0 spiro atoms. The minimum Gasteiger partial charge on any atom is -0.462 e. The Kier molecular flexibility index (Phi) is 4.90. The molecular formula is C13H19N3O2S. The van der Waals surface area contributed by atoms with Gasteiger partial charge in [-0.15, -0.1) is 0 Å². The van der Waals surface area contributed by atoms with Gasteiger partial charge in [-0.2, -0.15) is 11.8 Å². The third kappa shape index (κ3) is 3.76. The Hall–Kier alpha value is -1.43. The second-order valence-electron chi connectivity index (χ2n) is 4.40. The molecule has 0 saturated carbocycles. The van der Waals surface area contributed by atoms with Crippen LogP contribution in [0, 0.1) is 0 Å². The van der Waals surface area contributed by atoms with E-state index in [1.54, 1.807) is 19.2 Å². The number of nitrogens with two attached hydrogens (primary N) is 1. The van der Waals surface area contributed by atoms with Crippen LogP contribution in [-0.2, 0) is 4.74 Å². The van der Waals surface area contributed by atoms with Gasteiger partial charge in [-0.1, -0.05) is 0 Å². The maximum absolute atomic E-state index is 11.9. The predicted molar refractivity (Wildman–Crippen MR) is 78.6 cm³/mol. The van der Waals surface area contributed by atoms with Crippen LogP contribution in [0.4, 0.5) is 11.5 Å². The third-order valence-electron chi connectivity index (χ3n) is 2.93. The normalized spacial score (nSPS) is 18.3. The van der Waals surface area contributed by atoms with Crippen LogP contribution in [0.1, 0.15) is 30.1 Å². The Morgan fingerprint density at radius 2 is 2.53 bits per heavy atom. The Morgan fingerprint density at radius 3 is 3.21 bits per heavy atom. The zero-order chi connectivity index (χ0) is 13.7. The highest BCUT2D eigenvalue weighted by atomic mass is 32.2. The fourth-order valence-electron chi connectivity index (χ4n) is 2.00. The number of hydrogen-bond donors (Lipinski definition) is 2. The Balaban J connectivity index is 2.07. The highest BCUT2D eigenvalue weighted by molar-refractivity contribution is 8.00. The number of hydrogen-bond acceptors (Lipinski definition) is 6. The molecule has 0 amide bonds. The number of ether oxygens (including phenoxy) is 1. The fraction of sp³-hybridized carbons (Fsp3) is 0.538. The summed E-state index contributed by atoms with van der Waals surface area (Å²) < 4.78 is 5.02. The first-order chi connectivity index (χ1) is 9.20. The quantitative estimate of drug-likeness (QED) is 0.805. The molecule has 19 heavy (non-hydrogen) atoms. The van der Waals surface area contributed by atoms with E-state index in [1.165, 1.54) is 18.6 Å². The van der Waals surface area contributed by atoms with E-state index in [0.717, 1.165) is 6.54 Å². The lowest BCUT2D eigenvalue weighted by Crippen LogP contribution is -2.18. The molecule has 6 heteroatoms. The van der Waals surface area contributed by atoms with Gasteiger partial charge in [-0.3, -0.25) is 0 Å². The number of pyridine rings is 1. The van der Waals surface area contributed by atoms with Gasteiger partial charge in [-0.25, -0.2) is 9.78 Å². The molecule has 1 fully saturated rings. The molecule has 104 valence electrons. The summed E-state index contributed by atoms with van der Waals surface area (Å²) in [6.45, 7) is 2.93. The molecule has 0 bridgehead atoms. The summed E-state index contributed by atoms with van der Waals surface area (Å²) in [7, 11) is 0. The van der Waals surface area contributed by atoms with Crippen LogP contribution < -0.4 is 11.1 Å². The number of carbonyl (C=O) groups is 1. The standard InChI is InChI=1S/C13H19N3O2S/c1-2-18-13(17)11-6-9(14)7-15-12(11)16-8-10-4-3-5-19-10/h6-7,10H,2-5,8,14H2,1H3,(H,15,16). The van der Waals surface area contributed by atoms with Gasteiger partial charge in [0.05, 0.1) is 18.5 Å². The Labute approximate surface area is 117 Å². The van der Waals surface area contributed by atoms with Crippen molar-refractivity contribution in [1.29, 1.82) is 0 Å². The lowest BCUT2D eigenvalue weighted by molar-refractivity contribution is 0.0527. The molecule has 0 aliphatic carbocycles. The van der Waals surface area contributed by atoms with E-state index in [9.17, 15) is 4.79 Å². The summed E-state index contributed by atoms with van der Waals surface area (Å²) >= 11 is 1.96. The van der Waals surface area contributed by atoms with Crippen LogP contribution in [0.2, 0.25) is 0 Å². The van der Waals surface area contributed by atoms with Crippen LogP contribution in [0.5, 0.6) is 0 Å². The Morgan fingerprint density at radius 1 is 1.68 bits per heavy atom. The van der Waals surface area contributed by atoms with Crippen LogP contribution in [0.3, 0.4) is 0 Å². The zero-order valence-electron chi connectivity index (χ0n) is 11.0. The largest absolute Gasteiger partial charge is 0.462 e. The SMILES string of the molecule is CCOC(=O)c1cc(N)cnc1NCC1CCCS1. The molecule has 2 rings (SSSR count). The fourth-order valence-corrected chi connectivity index (χ4v) is 3.20. The predicted octanol–water partition coefficient (Wildman–Crippen LogP) is 2.15. The first kappa shape index (κ1) is 14.0. The summed E-state index contributed by atoms with van der Waals surface area (Å²) in [6, 6.07) is 1.61. The molecule has 1 aromatic rings. The molecular weight excluding hydrogens is 262 g/mol. The van der Waals surface area contributed by atoms with E-state index in [2.05, 4.69) is 10.3 Å². The first-order valence-corrected chi connectivity index (χ1v) is 7.53. The average molecular weight is 281 g/mol. The van der Waals surface area contributed by atoms with Gasteiger partial charge in [-0.05, 0) is 31.6 Å². The van der Waals surface area contributed by atoms with Crippen LogP contribution in [0.25, 0.3) is 0 Å². The number of esters is 1. The van der Waals surface area contributed by atoms with Crippen molar-refractivity contribution in [2.24, 2.45) is 0 Å². The number of anilines is 2. The van der Waals surface area contributed by atoms with Crippen molar-refractivity contribution in [3.05, 3.63) is 17.8 Å². The number of aromatic nitrogens is 1. The molecule has 1 aliphatic heterocycles. The third-order valence-corrected chi connectivity index (χ3v) is 4.32. The monoisotopic (exact) mass is 281 g/mol. The van der Waals surface area contributed by atoms with Crippen molar-refractivity contribution >= 4 is 29.2 Å². The van der Waals surface area contributed by atoms with Crippen molar-refractivity contribution in [1.82, 2.24) is 4.98 Å². The minimum atomic E-state index is -0.385. The summed E-state index contributed by atoms with van der Waals surface area (Å²) in [5.74, 6) is 1.38. The molecule has 2 heterocycles. The molecule has 5 nitrogen and oxygen atoms in total. The molecule has 0 radical (unpaired) electrons. The van der Waals surface area contributed by atoms with E-state index < -0.39 is 0 Å². The van der Waals surface area contributed by atoms with E-state index in [4.69, 9.17) is 10.5 Å². The topological polar surface area (TPSA) is 77.2 Å². The second kappa shape index (κ2) is 6.65. The van der Waals surface area contributed by atoms with Gasteiger partial charge in [0.1, 0.15) is 11.4 Å². The summed E-state index contributed by atoms with van der Waals surface area (Å²) in [4.78, 5) is 16.0.